The molecule has 1 aromatic rings. The molecule has 0 N–H and O–H groups in total. The van der Waals surface area contributed by atoms with Crippen LogP contribution in [-0.4, -0.2) is 19.0 Å². The van der Waals surface area contributed by atoms with Gasteiger partial charge in [-0.25, -0.2) is 0 Å². The van der Waals surface area contributed by atoms with Gasteiger partial charge in [-0.2, -0.15) is 0 Å². The number of rotatable bonds is 4. The smallest absolute Gasteiger partial charge is 0.227 e. The molecule has 1 atom stereocenters. The van der Waals surface area contributed by atoms with Crippen molar-refractivity contribution in [3.8, 4) is 0 Å². The van der Waals surface area contributed by atoms with E-state index in [9.17, 15) is 4.79 Å². The number of azide groups is 1. The van der Waals surface area contributed by atoms with E-state index in [4.69, 9.17) is 5.53 Å². The van der Waals surface area contributed by atoms with Gasteiger partial charge in [0.05, 0.1) is 0 Å². The molecule has 1 saturated heterocycles. The summed E-state index contributed by atoms with van der Waals surface area (Å²) in [7, 11) is 0. The molecule has 2 rings (SSSR count). The number of carbonyl (C=O) groups is 1. The van der Waals surface area contributed by atoms with E-state index in [1.54, 1.807) is 4.90 Å². The molecule has 1 fully saturated rings. The molecule has 0 radical (unpaired) electrons. The molecule has 5 heteroatoms. The molecular formula is C13H16N4O. The summed E-state index contributed by atoms with van der Waals surface area (Å²) in [6, 6.07) is 8.03. The predicted molar refractivity (Wildman–Crippen MR) is 70.3 cm³/mol. The molecule has 1 heterocycles. The second-order valence-electron chi connectivity index (χ2n) is 4.51. The van der Waals surface area contributed by atoms with Crippen molar-refractivity contribution in [1.29, 1.82) is 0 Å². The summed E-state index contributed by atoms with van der Waals surface area (Å²) in [5, 5.41) is 3.55. The minimum absolute atomic E-state index is 0.112. The van der Waals surface area contributed by atoms with Crippen molar-refractivity contribution in [2.24, 2.45) is 11.0 Å². The summed E-state index contributed by atoms with van der Waals surface area (Å²) in [5.41, 5.74) is 10.5. The van der Waals surface area contributed by atoms with E-state index in [1.807, 2.05) is 18.2 Å². The van der Waals surface area contributed by atoms with Gasteiger partial charge in [-0.1, -0.05) is 24.2 Å². The van der Waals surface area contributed by atoms with Crippen molar-refractivity contribution >= 4 is 11.6 Å². The van der Waals surface area contributed by atoms with Gasteiger partial charge in [-0.05, 0) is 35.6 Å². The average Bonchev–Trinajstić information content (AvgIpc) is 2.77. The zero-order chi connectivity index (χ0) is 13.0. The monoisotopic (exact) mass is 244 g/mol. The van der Waals surface area contributed by atoms with Crippen LogP contribution in [0.3, 0.4) is 0 Å². The number of benzene rings is 1. The van der Waals surface area contributed by atoms with Crippen LogP contribution in [0.1, 0.15) is 18.9 Å². The van der Waals surface area contributed by atoms with Crippen LogP contribution in [0.25, 0.3) is 10.4 Å². The number of carbonyl (C=O) groups excluding carboxylic acids is 1. The Bertz CT molecular complexity index is 494. The standard InChI is InChI=1S/C13H16N4O/c1-2-10-4-3-5-12(6-10)17-9-11(7-13(17)18)8-15-16-14/h3-6,11H,2,7-9H2,1H3. The fraction of sp³-hybridized carbons (Fsp3) is 0.462. The largest absolute Gasteiger partial charge is 0.312 e. The first-order valence-corrected chi connectivity index (χ1v) is 6.14. The zero-order valence-corrected chi connectivity index (χ0v) is 10.4. The molecule has 0 saturated carbocycles. The highest BCUT2D eigenvalue weighted by Crippen LogP contribution is 2.26. The third-order valence-electron chi connectivity index (χ3n) is 3.24. The Kier molecular flexibility index (Phi) is 3.85. The van der Waals surface area contributed by atoms with Gasteiger partial charge in [0.25, 0.3) is 0 Å². The first kappa shape index (κ1) is 12.5. The molecule has 0 aliphatic carbocycles. The Hall–Kier alpha value is -2.00. The molecule has 0 aromatic heterocycles. The van der Waals surface area contributed by atoms with Crippen LogP contribution in [0, 0.1) is 5.92 Å². The highest BCUT2D eigenvalue weighted by atomic mass is 16.2. The maximum atomic E-state index is 11.9. The molecule has 0 spiro atoms. The van der Waals surface area contributed by atoms with E-state index in [0.717, 1.165) is 12.1 Å². The van der Waals surface area contributed by atoms with Crippen molar-refractivity contribution in [3.63, 3.8) is 0 Å². The lowest BCUT2D eigenvalue weighted by molar-refractivity contribution is -0.117. The number of anilines is 1. The SMILES string of the molecule is CCc1cccc(N2CC(CN=[N+]=[N-])CC2=O)c1. The molecule has 18 heavy (non-hydrogen) atoms. The van der Waals surface area contributed by atoms with Gasteiger partial charge >= 0.3 is 0 Å². The van der Waals surface area contributed by atoms with Crippen LogP contribution in [-0.2, 0) is 11.2 Å². The van der Waals surface area contributed by atoms with Crippen molar-refractivity contribution in [2.75, 3.05) is 18.0 Å². The van der Waals surface area contributed by atoms with Crippen LogP contribution in [0.4, 0.5) is 5.69 Å². The maximum Gasteiger partial charge on any atom is 0.227 e. The van der Waals surface area contributed by atoms with Crippen LogP contribution < -0.4 is 4.90 Å². The highest BCUT2D eigenvalue weighted by Gasteiger charge is 2.29. The number of aryl methyl sites for hydroxylation is 1. The van der Waals surface area contributed by atoms with E-state index < -0.39 is 0 Å². The molecule has 1 aliphatic rings. The molecule has 0 bridgehead atoms. The summed E-state index contributed by atoms with van der Waals surface area (Å²) < 4.78 is 0. The second-order valence-corrected chi connectivity index (χ2v) is 4.51. The molecule has 94 valence electrons. The molecule has 1 unspecified atom stereocenters. The Morgan fingerprint density at radius 1 is 1.56 bits per heavy atom. The molecule has 1 aliphatic heterocycles. The Morgan fingerprint density at radius 3 is 3.11 bits per heavy atom. The fourth-order valence-electron chi connectivity index (χ4n) is 2.25. The lowest BCUT2D eigenvalue weighted by Gasteiger charge is -2.17. The lowest BCUT2D eigenvalue weighted by atomic mass is 10.1. The van der Waals surface area contributed by atoms with E-state index >= 15 is 0 Å². The summed E-state index contributed by atoms with van der Waals surface area (Å²) >= 11 is 0. The topological polar surface area (TPSA) is 69.1 Å². The average molecular weight is 244 g/mol. The van der Waals surface area contributed by atoms with Gasteiger partial charge in [0, 0.05) is 30.1 Å². The van der Waals surface area contributed by atoms with E-state index in [-0.39, 0.29) is 11.8 Å². The number of hydrogen-bond donors (Lipinski definition) is 0. The van der Waals surface area contributed by atoms with E-state index in [2.05, 4.69) is 23.0 Å². The van der Waals surface area contributed by atoms with Crippen molar-refractivity contribution in [2.45, 2.75) is 19.8 Å². The first-order valence-electron chi connectivity index (χ1n) is 6.14. The summed E-state index contributed by atoms with van der Waals surface area (Å²) in [6.07, 6.45) is 1.42. The lowest BCUT2D eigenvalue weighted by Crippen LogP contribution is -2.24. The van der Waals surface area contributed by atoms with Crippen molar-refractivity contribution in [3.05, 3.63) is 40.3 Å². The Balaban J connectivity index is 2.13. The zero-order valence-electron chi connectivity index (χ0n) is 10.4. The molecule has 1 aromatic carbocycles. The predicted octanol–water partition coefficient (Wildman–Crippen LogP) is 2.91. The Labute approximate surface area is 106 Å². The van der Waals surface area contributed by atoms with Gasteiger partial charge in [0.1, 0.15) is 0 Å². The summed E-state index contributed by atoms with van der Waals surface area (Å²) in [6.45, 7) is 3.13. The van der Waals surface area contributed by atoms with Gasteiger partial charge < -0.3 is 4.90 Å². The van der Waals surface area contributed by atoms with E-state index in [1.165, 1.54) is 5.56 Å². The molecular weight excluding hydrogens is 228 g/mol. The van der Waals surface area contributed by atoms with Gasteiger partial charge in [0.2, 0.25) is 5.91 Å². The van der Waals surface area contributed by atoms with Crippen molar-refractivity contribution in [1.82, 2.24) is 0 Å². The third kappa shape index (κ3) is 2.63. The van der Waals surface area contributed by atoms with Gasteiger partial charge in [-0.3, -0.25) is 4.79 Å². The number of amides is 1. The minimum Gasteiger partial charge on any atom is -0.312 e. The van der Waals surface area contributed by atoms with Crippen LogP contribution in [0.15, 0.2) is 29.4 Å². The highest BCUT2D eigenvalue weighted by molar-refractivity contribution is 5.95. The van der Waals surface area contributed by atoms with Gasteiger partial charge in [-0.15, -0.1) is 0 Å². The number of hydrogen-bond acceptors (Lipinski definition) is 2. The van der Waals surface area contributed by atoms with E-state index in [0.29, 0.717) is 19.5 Å². The molecule has 1 amide bonds. The maximum absolute atomic E-state index is 11.9. The Morgan fingerprint density at radius 2 is 2.39 bits per heavy atom. The fourth-order valence-corrected chi connectivity index (χ4v) is 2.25. The first-order chi connectivity index (χ1) is 8.74. The van der Waals surface area contributed by atoms with Gasteiger partial charge in [0.15, 0.2) is 0 Å². The van der Waals surface area contributed by atoms with Crippen molar-refractivity contribution < 1.29 is 4.79 Å². The minimum atomic E-state index is 0.112. The summed E-state index contributed by atoms with van der Waals surface area (Å²) in [4.78, 5) is 16.5. The quantitative estimate of drug-likeness (QED) is 0.456. The normalized spacial score (nSPS) is 18.8. The third-order valence-corrected chi connectivity index (χ3v) is 3.24. The van der Waals surface area contributed by atoms with Crippen LogP contribution in [0.5, 0.6) is 0 Å². The molecule has 5 nitrogen and oxygen atoms in total. The summed E-state index contributed by atoms with van der Waals surface area (Å²) in [5.74, 6) is 0.250. The number of nitrogens with zero attached hydrogens (tertiary/aromatic N) is 4. The van der Waals surface area contributed by atoms with Crippen LogP contribution in [0.2, 0.25) is 0 Å². The van der Waals surface area contributed by atoms with Crippen LogP contribution >= 0.6 is 0 Å². The second kappa shape index (κ2) is 5.56.